The predicted octanol–water partition coefficient (Wildman–Crippen LogP) is 1.75. The summed E-state index contributed by atoms with van der Waals surface area (Å²) in [6, 6.07) is 0.312. The van der Waals surface area contributed by atoms with Gasteiger partial charge >= 0.3 is 0 Å². The van der Waals surface area contributed by atoms with Crippen LogP contribution in [0.25, 0.3) is 0 Å². The van der Waals surface area contributed by atoms with Crippen molar-refractivity contribution >= 4 is 24.2 Å². The molecule has 5 nitrogen and oxygen atoms in total. The summed E-state index contributed by atoms with van der Waals surface area (Å²) in [5.41, 5.74) is -0.261. The quantitative estimate of drug-likeness (QED) is 0.728. The zero-order valence-corrected chi connectivity index (χ0v) is 14.7. The second-order valence-electron chi connectivity index (χ2n) is 7.31. The number of hydrogen-bond acceptors (Lipinski definition) is 3. The third-order valence-corrected chi connectivity index (χ3v) is 5.87. The lowest BCUT2D eigenvalue weighted by molar-refractivity contribution is -0.136. The topological polar surface area (TPSA) is 70.2 Å². The van der Waals surface area contributed by atoms with Gasteiger partial charge in [-0.1, -0.05) is 32.1 Å². The van der Waals surface area contributed by atoms with Gasteiger partial charge in [0, 0.05) is 12.6 Å². The molecule has 2 saturated carbocycles. The largest absolute Gasteiger partial charge is 0.352 e. The summed E-state index contributed by atoms with van der Waals surface area (Å²) < 4.78 is 0. The molecule has 3 rings (SSSR count). The standard InChI is InChI=1S/C17H29N3O2.ClH/c21-15(20-14-7-2-1-3-8-14)11-19-16(22)17-9-5-4-6-13(17)10-18-12-17;/h13-14,18H,1-12H2,(H,19,22)(H,20,21);1H/t13-,17+;/m0./s1. The molecule has 0 radical (unpaired) electrons. The average Bonchev–Trinajstić information content (AvgIpc) is 2.99. The van der Waals surface area contributed by atoms with E-state index in [-0.39, 0.29) is 36.2 Å². The van der Waals surface area contributed by atoms with Crippen LogP contribution in [0.2, 0.25) is 0 Å². The van der Waals surface area contributed by atoms with Gasteiger partial charge in [-0.2, -0.15) is 0 Å². The predicted molar refractivity (Wildman–Crippen MR) is 92.5 cm³/mol. The highest BCUT2D eigenvalue weighted by Crippen LogP contribution is 2.43. The summed E-state index contributed by atoms with van der Waals surface area (Å²) in [5, 5.41) is 9.36. The van der Waals surface area contributed by atoms with Crippen LogP contribution in [-0.2, 0) is 9.59 Å². The first-order valence-electron chi connectivity index (χ1n) is 8.99. The van der Waals surface area contributed by atoms with Gasteiger partial charge in [0.1, 0.15) is 0 Å². The minimum Gasteiger partial charge on any atom is -0.352 e. The Labute approximate surface area is 145 Å². The van der Waals surface area contributed by atoms with Crippen molar-refractivity contribution in [2.24, 2.45) is 11.3 Å². The van der Waals surface area contributed by atoms with E-state index in [0.29, 0.717) is 12.0 Å². The second-order valence-corrected chi connectivity index (χ2v) is 7.31. The van der Waals surface area contributed by atoms with E-state index in [4.69, 9.17) is 0 Å². The number of nitrogens with one attached hydrogen (secondary N) is 3. The average molecular weight is 344 g/mol. The number of halogens is 1. The molecule has 23 heavy (non-hydrogen) atoms. The number of carbonyl (C=O) groups is 2. The van der Waals surface area contributed by atoms with E-state index < -0.39 is 0 Å². The molecule has 2 aliphatic carbocycles. The fourth-order valence-electron chi connectivity index (χ4n) is 4.55. The van der Waals surface area contributed by atoms with Crippen molar-refractivity contribution in [1.82, 2.24) is 16.0 Å². The summed E-state index contributed by atoms with van der Waals surface area (Å²) in [6.45, 7) is 1.85. The fourth-order valence-corrected chi connectivity index (χ4v) is 4.55. The molecule has 0 spiro atoms. The van der Waals surface area contributed by atoms with Crippen molar-refractivity contribution in [3.8, 4) is 0 Å². The molecule has 132 valence electrons. The molecule has 3 aliphatic rings. The Kier molecular flexibility index (Phi) is 6.72. The molecule has 3 fully saturated rings. The highest BCUT2D eigenvalue weighted by Gasteiger charge is 2.49. The van der Waals surface area contributed by atoms with Crippen LogP contribution in [0.15, 0.2) is 0 Å². The van der Waals surface area contributed by atoms with Gasteiger partial charge in [0.15, 0.2) is 0 Å². The molecular weight excluding hydrogens is 314 g/mol. The molecule has 1 heterocycles. The highest BCUT2D eigenvalue weighted by molar-refractivity contribution is 5.88. The first-order valence-corrected chi connectivity index (χ1v) is 8.99. The Hall–Kier alpha value is -0.810. The normalized spacial score (nSPS) is 30.9. The number of amides is 2. The molecule has 1 saturated heterocycles. The van der Waals surface area contributed by atoms with Crippen LogP contribution in [0, 0.1) is 11.3 Å². The monoisotopic (exact) mass is 343 g/mol. The van der Waals surface area contributed by atoms with Gasteiger partial charge < -0.3 is 16.0 Å². The lowest BCUT2D eigenvalue weighted by Gasteiger charge is -2.37. The Morgan fingerprint density at radius 2 is 1.78 bits per heavy atom. The van der Waals surface area contributed by atoms with Crippen molar-refractivity contribution < 1.29 is 9.59 Å². The molecule has 0 aromatic heterocycles. The zero-order valence-electron chi connectivity index (χ0n) is 13.9. The molecule has 0 unspecified atom stereocenters. The van der Waals surface area contributed by atoms with Gasteiger partial charge in [0.05, 0.1) is 12.0 Å². The molecule has 2 atom stereocenters. The third-order valence-electron chi connectivity index (χ3n) is 5.87. The fraction of sp³-hybridized carbons (Fsp3) is 0.882. The SMILES string of the molecule is Cl.O=C(CNC(=O)[C@@]12CCCC[C@H]1CNC2)NC1CCCCC1. The van der Waals surface area contributed by atoms with E-state index >= 15 is 0 Å². The minimum atomic E-state index is -0.261. The number of carbonyl (C=O) groups excluding carboxylic acids is 2. The summed E-state index contributed by atoms with van der Waals surface area (Å²) in [7, 11) is 0. The number of fused-ring (bicyclic) bond motifs is 1. The summed E-state index contributed by atoms with van der Waals surface area (Å²) in [4.78, 5) is 24.7. The van der Waals surface area contributed by atoms with Crippen molar-refractivity contribution in [2.75, 3.05) is 19.6 Å². The van der Waals surface area contributed by atoms with Gasteiger partial charge in [-0.25, -0.2) is 0 Å². The molecule has 2 amide bonds. The highest BCUT2D eigenvalue weighted by atomic mass is 35.5. The molecule has 0 aromatic rings. The van der Waals surface area contributed by atoms with Crippen molar-refractivity contribution in [3.63, 3.8) is 0 Å². The first kappa shape index (κ1) is 18.5. The van der Waals surface area contributed by atoms with Crippen molar-refractivity contribution in [1.29, 1.82) is 0 Å². The molecule has 6 heteroatoms. The Morgan fingerprint density at radius 3 is 2.57 bits per heavy atom. The first-order chi connectivity index (χ1) is 10.7. The smallest absolute Gasteiger partial charge is 0.239 e. The molecule has 0 aromatic carbocycles. The molecule has 3 N–H and O–H groups in total. The summed E-state index contributed by atoms with van der Waals surface area (Å²) in [5.74, 6) is 0.499. The summed E-state index contributed by atoms with van der Waals surface area (Å²) in [6.07, 6.45) is 10.3. The van der Waals surface area contributed by atoms with E-state index in [2.05, 4.69) is 16.0 Å². The van der Waals surface area contributed by atoms with Crippen LogP contribution in [-0.4, -0.2) is 37.5 Å². The van der Waals surface area contributed by atoms with E-state index in [1.807, 2.05) is 0 Å². The van der Waals surface area contributed by atoms with Crippen molar-refractivity contribution in [2.45, 2.75) is 63.8 Å². The molecule has 1 aliphatic heterocycles. The maximum Gasteiger partial charge on any atom is 0.239 e. The van der Waals surface area contributed by atoms with Crippen LogP contribution < -0.4 is 16.0 Å². The second kappa shape index (κ2) is 8.34. The number of rotatable bonds is 4. The van der Waals surface area contributed by atoms with E-state index in [0.717, 1.165) is 45.2 Å². The van der Waals surface area contributed by atoms with Crippen LogP contribution in [0.5, 0.6) is 0 Å². The van der Waals surface area contributed by atoms with Gasteiger partial charge in [-0.05, 0) is 38.1 Å². The Morgan fingerprint density at radius 1 is 1.04 bits per heavy atom. The van der Waals surface area contributed by atoms with Crippen LogP contribution in [0.4, 0.5) is 0 Å². The Bertz CT molecular complexity index is 426. The van der Waals surface area contributed by atoms with Gasteiger partial charge in [-0.3, -0.25) is 9.59 Å². The maximum atomic E-state index is 12.7. The zero-order chi connectivity index (χ0) is 15.4. The van der Waals surface area contributed by atoms with Gasteiger partial charge in [0.2, 0.25) is 11.8 Å². The lowest BCUT2D eigenvalue weighted by atomic mass is 9.67. The van der Waals surface area contributed by atoms with Crippen LogP contribution in [0.3, 0.4) is 0 Å². The van der Waals surface area contributed by atoms with Crippen LogP contribution in [0.1, 0.15) is 57.8 Å². The summed E-state index contributed by atoms with van der Waals surface area (Å²) >= 11 is 0. The lowest BCUT2D eigenvalue weighted by Crippen LogP contribution is -2.51. The van der Waals surface area contributed by atoms with E-state index in [1.165, 1.54) is 25.7 Å². The Balaban J connectivity index is 0.00000192. The van der Waals surface area contributed by atoms with Gasteiger partial charge in [-0.15, -0.1) is 12.4 Å². The maximum absolute atomic E-state index is 12.7. The van der Waals surface area contributed by atoms with Crippen LogP contribution >= 0.6 is 12.4 Å². The molecular formula is C17H30ClN3O2. The number of hydrogen-bond donors (Lipinski definition) is 3. The van der Waals surface area contributed by atoms with Gasteiger partial charge in [0.25, 0.3) is 0 Å². The van der Waals surface area contributed by atoms with E-state index in [1.54, 1.807) is 0 Å². The molecule has 0 bridgehead atoms. The third kappa shape index (κ3) is 4.18. The minimum absolute atomic E-state index is 0. The van der Waals surface area contributed by atoms with Crippen molar-refractivity contribution in [3.05, 3.63) is 0 Å². The van der Waals surface area contributed by atoms with E-state index in [9.17, 15) is 9.59 Å².